The van der Waals surface area contributed by atoms with E-state index in [0.29, 0.717) is 56.8 Å². The Morgan fingerprint density at radius 2 is 1.95 bits per heavy atom. The van der Waals surface area contributed by atoms with Crippen molar-refractivity contribution in [2.75, 3.05) is 50.0 Å². The van der Waals surface area contributed by atoms with E-state index in [1.165, 1.54) is 6.33 Å². The van der Waals surface area contributed by atoms with Crippen LogP contribution in [0.15, 0.2) is 6.33 Å². The largest absolute Gasteiger partial charge is 0.476 e. The molecule has 1 aromatic rings. The maximum absolute atomic E-state index is 11.7. The van der Waals surface area contributed by atoms with Gasteiger partial charge in [-0.2, -0.15) is 4.98 Å². The van der Waals surface area contributed by atoms with E-state index in [9.17, 15) is 4.79 Å². The fourth-order valence-electron chi connectivity index (χ4n) is 2.19. The summed E-state index contributed by atoms with van der Waals surface area (Å²) in [5.74, 6) is 1.05. The molecule has 0 unspecified atom stereocenters. The second-order valence-electron chi connectivity index (χ2n) is 4.52. The first-order chi connectivity index (χ1) is 10.2. The number of aromatic nitrogens is 2. The van der Waals surface area contributed by atoms with Crippen LogP contribution >= 0.6 is 0 Å². The second-order valence-corrected chi connectivity index (χ2v) is 4.52. The number of nitrogen functional groups attached to an aromatic ring is 1. The van der Waals surface area contributed by atoms with E-state index in [0.717, 1.165) is 0 Å². The van der Waals surface area contributed by atoms with Crippen molar-refractivity contribution in [3.8, 4) is 5.88 Å². The summed E-state index contributed by atoms with van der Waals surface area (Å²) in [4.78, 5) is 23.6. The van der Waals surface area contributed by atoms with E-state index in [-0.39, 0.29) is 6.09 Å². The summed E-state index contributed by atoms with van der Waals surface area (Å²) in [5.41, 5.74) is 6.48. The molecule has 21 heavy (non-hydrogen) atoms. The molecule has 1 saturated heterocycles. The number of hydrogen-bond donors (Lipinski definition) is 1. The van der Waals surface area contributed by atoms with Crippen LogP contribution in [0.2, 0.25) is 0 Å². The lowest BCUT2D eigenvalue weighted by Gasteiger charge is -2.35. The van der Waals surface area contributed by atoms with Gasteiger partial charge in [-0.15, -0.1) is 0 Å². The van der Waals surface area contributed by atoms with Gasteiger partial charge in [0.2, 0.25) is 5.88 Å². The number of nitrogens with zero attached hydrogens (tertiary/aromatic N) is 4. The number of anilines is 2. The predicted molar refractivity (Wildman–Crippen MR) is 78.4 cm³/mol. The summed E-state index contributed by atoms with van der Waals surface area (Å²) in [6.07, 6.45) is 1.16. The summed E-state index contributed by atoms with van der Waals surface area (Å²) >= 11 is 0. The average Bonchev–Trinajstić information content (AvgIpc) is 2.50. The van der Waals surface area contributed by atoms with Gasteiger partial charge in [0.25, 0.3) is 0 Å². The predicted octanol–water partition coefficient (Wildman–Crippen LogP) is 0.736. The Balaban J connectivity index is 2.02. The fourth-order valence-corrected chi connectivity index (χ4v) is 2.19. The van der Waals surface area contributed by atoms with E-state index in [1.54, 1.807) is 11.8 Å². The summed E-state index contributed by atoms with van der Waals surface area (Å²) < 4.78 is 10.4. The van der Waals surface area contributed by atoms with Gasteiger partial charge in [0, 0.05) is 26.2 Å². The molecule has 0 aromatic carbocycles. The molecule has 2 N–H and O–H groups in total. The molecule has 1 aliphatic heterocycles. The van der Waals surface area contributed by atoms with Crippen LogP contribution in [-0.4, -0.2) is 60.4 Å². The average molecular weight is 295 g/mol. The standard InChI is InChI=1S/C13H21N5O3/c1-3-20-12-10(14)11(15-9-16-12)17-5-7-18(8-6-17)13(19)21-4-2/h9H,3-8,14H2,1-2H3. The number of nitrogens with two attached hydrogens (primary N) is 1. The number of amides is 1. The fraction of sp³-hybridized carbons (Fsp3) is 0.615. The lowest BCUT2D eigenvalue weighted by Crippen LogP contribution is -2.49. The number of carbonyl (C=O) groups is 1. The Morgan fingerprint density at radius 1 is 1.24 bits per heavy atom. The first kappa shape index (κ1) is 15.1. The third kappa shape index (κ3) is 3.45. The molecule has 0 atom stereocenters. The van der Waals surface area contributed by atoms with Gasteiger partial charge in [-0.05, 0) is 13.8 Å². The van der Waals surface area contributed by atoms with Crippen LogP contribution in [0.4, 0.5) is 16.3 Å². The van der Waals surface area contributed by atoms with Crippen molar-refractivity contribution in [3.63, 3.8) is 0 Å². The summed E-state index contributed by atoms with van der Waals surface area (Å²) in [5, 5.41) is 0. The van der Waals surface area contributed by atoms with Gasteiger partial charge < -0.3 is 25.0 Å². The van der Waals surface area contributed by atoms with Crippen LogP contribution in [0.5, 0.6) is 5.88 Å². The zero-order valence-electron chi connectivity index (χ0n) is 12.4. The van der Waals surface area contributed by atoms with Crippen LogP contribution in [0.3, 0.4) is 0 Å². The van der Waals surface area contributed by atoms with Crippen LogP contribution < -0.4 is 15.4 Å². The number of piperazine rings is 1. The molecular formula is C13H21N5O3. The number of rotatable bonds is 4. The van der Waals surface area contributed by atoms with E-state index < -0.39 is 0 Å². The number of hydrogen-bond acceptors (Lipinski definition) is 7. The molecule has 8 nitrogen and oxygen atoms in total. The number of ether oxygens (including phenoxy) is 2. The van der Waals surface area contributed by atoms with Crippen LogP contribution in [0, 0.1) is 0 Å². The topological polar surface area (TPSA) is 93.8 Å². The zero-order chi connectivity index (χ0) is 15.2. The van der Waals surface area contributed by atoms with Crippen molar-refractivity contribution in [1.82, 2.24) is 14.9 Å². The summed E-state index contributed by atoms with van der Waals surface area (Å²) in [6.45, 7) is 6.99. The Morgan fingerprint density at radius 3 is 2.57 bits per heavy atom. The minimum Gasteiger partial charge on any atom is -0.476 e. The highest BCUT2D eigenvalue weighted by Crippen LogP contribution is 2.28. The van der Waals surface area contributed by atoms with Gasteiger partial charge in [-0.25, -0.2) is 9.78 Å². The highest BCUT2D eigenvalue weighted by atomic mass is 16.6. The normalized spacial score (nSPS) is 15.0. The molecule has 116 valence electrons. The van der Waals surface area contributed by atoms with Crippen molar-refractivity contribution >= 4 is 17.6 Å². The SMILES string of the molecule is CCOC(=O)N1CCN(c2ncnc(OCC)c2N)CC1. The highest BCUT2D eigenvalue weighted by Gasteiger charge is 2.24. The van der Waals surface area contributed by atoms with Crippen molar-refractivity contribution < 1.29 is 14.3 Å². The monoisotopic (exact) mass is 295 g/mol. The molecule has 0 saturated carbocycles. The molecule has 0 bridgehead atoms. The first-order valence-corrected chi connectivity index (χ1v) is 7.07. The Kier molecular flexibility index (Phi) is 5.02. The quantitative estimate of drug-likeness (QED) is 0.875. The third-order valence-electron chi connectivity index (χ3n) is 3.21. The minimum atomic E-state index is -0.275. The van der Waals surface area contributed by atoms with Gasteiger partial charge >= 0.3 is 6.09 Å². The minimum absolute atomic E-state index is 0.275. The molecule has 0 spiro atoms. The van der Waals surface area contributed by atoms with Gasteiger partial charge in [0.1, 0.15) is 12.0 Å². The zero-order valence-corrected chi connectivity index (χ0v) is 12.4. The molecule has 0 aliphatic carbocycles. The Bertz CT molecular complexity index is 489. The van der Waals surface area contributed by atoms with E-state index >= 15 is 0 Å². The van der Waals surface area contributed by atoms with Crippen LogP contribution in [-0.2, 0) is 4.74 Å². The van der Waals surface area contributed by atoms with E-state index in [1.807, 2.05) is 11.8 Å². The molecule has 8 heteroatoms. The van der Waals surface area contributed by atoms with Crippen LogP contribution in [0.1, 0.15) is 13.8 Å². The lowest BCUT2D eigenvalue weighted by molar-refractivity contribution is 0.105. The maximum Gasteiger partial charge on any atom is 0.409 e. The second kappa shape index (κ2) is 6.96. The van der Waals surface area contributed by atoms with Crippen molar-refractivity contribution in [2.24, 2.45) is 0 Å². The highest BCUT2D eigenvalue weighted by molar-refractivity contribution is 5.70. The number of carbonyl (C=O) groups excluding carboxylic acids is 1. The van der Waals surface area contributed by atoms with E-state index in [4.69, 9.17) is 15.2 Å². The molecule has 1 aromatic heterocycles. The molecule has 2 heterocycles. The van der Waals surface area contributed by atoms with Crippen LogP contribution in [0.25, 0.3) is 0 Å². The van der Waals surface area contributed by atoms with Crippen molar-refractivity contribution in [1.29, 1.82) is 0 Å². The molecule has 1 fully saturated rings. The third-order valence-corrected chi connectivity index (χ3v) is 3.21. The Labute approximate surface area is 123 Å². The smallest absolute Gasteiger partial charge is 0.409 e. The molecular weight excluding hydrogens is 274 g/mol. The van der Waals surface area contributed by atoms with Gasteiger partial charge in [0.15, 0.2) is 5.82 Å². The molecule has 2 rings (SSSR count). The van der Waals surface area contributed by atoms with E-state index in [2.05, 4.69) is 9.97 Å². The Hall–Kier alpha value is -2.25. The lowest BCUT2D eigenvalue weighted by atomic mass is 10.3. The first-order valence-electron chi connectivity index (χ1n) is 7.07. The molecule has 1 aliphatic rings. The maximum atomic E-state index is 11.7. The summed E-state index contributed by atoms with van der Waals surface area (Å²) in [6, 6.07) is 0. The van der Waals surface area contributed by atoms with Gasteiger partial charge in [-0.3, -0.25) is 0 Å². The summed E-state index contributed by atoms with van der Waals surface area (Å²) in [7, 11) is 0. The van der Waals surface area contributed by atoms with Crippen molar-refractivity contribution in [3.05, 3.63) is 6.33 Å². The molecule has 1 amide bonds. The molecule has 0 radical (unpaired) electrons. The van der Waals surface area contributed by atoms with Crippen molar-refractivity contribution in [2.45, 2.75) is 13.8 Å². The van der Waals surface area contributed by atoms with Gasteiger partial charge in [0.05, 0.1) is 13.2 Å². The van der Waals surface area contributed by atoms with Gasteiger partial charge in [-0.1, -0.05) is 0 Å².